The molecule has 4 nitrogen and oxygen atoms in total. The second-order valence-electron chi connectivity index (χ2n) is 1.29. The number of esters is 1. The van der Waals surface area contributed by atoms with Crippen LogP contribution in [0, 0.1) is 0 Å². The van der Waals surface area contributed by atoms with E-state index in [2.05, 4.69) is 14.7 Å². The maximum atomic E-state index is 10.3. The third-order valence-electron chi connectivity index (χ3n) is 0.628. The Morgan fingerprint density at radius 1 is 1.80 bits per heavy atom. The fraction of sp³-hybridized carbons (Fsp3) is 0.600. The number of oxime groups is 1. The second-order valence-corrected chi connectivity index (χ2v) is 1.60. The number of hydrogen-bond acceptors (Lipinski definition) is 4. The van der Waals surface area contributed by atoms with Gasteiger partial charge in [-0.3, -0.25) is 0 Å². The Morgan fingerprint density at radius 2 is 2.50 bits per heavy atom. The summed E-state index contributed by atoms with van der Waals surface area (Å²) in [4.78, 5) is 14.8. The highest BCUT2D eigenvalue weighted by atomic mass is 35.5. The molecule has 0 fully saturated rings. The van der Waals surface area contributed by atoms with E-state index < -0.39 is 5.97 Å². The van der Waals surface area contributed by atoms with Gasteiger partial charge in [0.1, 0.15) is 0 Å². The number of hydrogen-bond donors (Lipinski definition) is 0. The molecule has 5 heteroatoms. The topological polar surface area (TPSA) is 47.9 Å². The first-order valence-corrected chi connectivity index (χ1v) is 3.11. The predicted molar refractivity (Wildman–Crippen MR) is 37.2 cm³/mol. The normalized spacial score (nSPS) is 9.80. The lowest BCUT2D eigenvalue weighted by Gasteiger charge is -1.94. The molecule has 0 saturated heterocycles. The maximum Gasteiger partial charge on any atom is 0.346 e. The molecule has 0 bridgehead atoms. The molecule has 0 aromatic heterocycles. The Balaban J connectivity index is 3.19. The number of rotatable bonds is 4. The average Bonchev–Trinajstić information content (AvgIpc) is 1.98. The van der Waals surface area contributed by atoms with Crippen LogP contribution in [0.3, 0.4) is 0 Å². The molecule has 0 amide bonds. The summed E-state index contributed by atoms with van der Waals surface area (Å²) in [6.45, 7) is -0.177. The Hall–Kier alpha value is -0.770. The zero-order chi connectivity index (χ0) is 7.82. The van der Waals surface area contributed by atoms with Crippen LogP contribution in [0.15, 0.2) is 5.16 Å². The number of ether oxygens (including phenoxy) is 1. The van der Waals surface area contributed by atoms with E-state index in [-0.39, 0.29) is 12.5 Å². The summed E-state index contributed by atoms with van der Waals surface area (Å²) in [5.41, 5.74) is 0. The van der Waals surface area contributed by atoms with Crippen LogP contribution in [0.25, 0.3) is 0 Å². The van der Waals surface area contributed by atoms with Gasteiger partial charge in [-0.05, 0) is 0 Å². The standard InChI is InChI=1S/C5H8ClNO3/c1-9-5(8)4-10-7-3-2-6/h3H,2,4H2,1H3/b7-3+. The van der Waals surface area contributed by atoms with Gasteiger partial charge in [0.2, 0.25) is 6.61 Å². The van der Waals surface area contributed by atoms with Crippen molar-refractivity contribution in [3.8, 4) is 0 Å². The molecule has 0 saturated carbocycles. The van der Waals surface area contributed by atoms with Gasteiger partial charge in [-0.15, -0.1) is 11.6 Å². The van der Waals surface area contributed by atoms with Crippen molar-refractivity contribution < 1.29 is 14.4 Å². The molecule has 0 spiro atoms. The van der Waals surface area contributed by atoms with Crippen LogP contribution in [0.1, 0.15) is 0 Å². The van der Waals surface area contributed by atoms with Crippen molar-refractivity contribution in [2.45, 2.75) is 0 Å². The quantitative estimate of drug-likeness (QED) is 0.262. The first kappa shape index (κ1) is 9.23. The van der Waals surface area contributed by atoms with Crippen LogP contribution in [-0.2, 0) is 14.4 Å². The van der Waals surface area contributed by atoms with Crippen molar-refractivity contribution in [3.63, 3.8) is 0 Å². The van der Waals surface area contributed by atoms with Gasteiger partial charge in [-0.2, -0.15) is 0 Å². The molecular formula is C5H8ClNO3. The van der Waals surface area contributed by atoms with Gasteiger partial charge >= 0.3 is 5.97 Å². The van der Waals surface area contributed by atoms with E-state index in [1.54, 1.807) is 0 Å². The first-order valence-electron chi connectivity index (χ1n) is 2.58. The van der Waals surface area contributed by atoms with Crippen LogP contribution in [-0.4, -0.2) is 31.8 Å². The third kappa shape index (κ3) is 5.37. The molecule has 58 valence electrons. The monoisotopic (exact) mass is 165 g/mol. The Kier molecular flexibility index (Phi) is 5.86. The number of alkyl halides is 1. The van der Waals surface area contributed by atoms with Crippen LogP contribution in [0.4, 0.5) is 0 Å². The molecule has 0 unspecified atom stereocenters. The lowest BCUT2D eigenvalue weighted by atomic mass is 10.7. The molecule has 0 radical (unpaired) electrons. The summed E-state index contributed by atoms with van der Waals surface area (Å²) in [5, 5.41) is 3.32. The van der Waals surface area contributed by atoms with E-state index in [9.17, 15) is 4.79 Å². The molecule has 0 atom stereocenters. The highest BCUT2D eigenvalue weighted by Gasteiger charge is 1.96. The zero-order valence-corrected chi connectivity index (χ0v) is 6.30. The number of nitrogens with zero attached hydrogens (tertiary/aromatic N) is 1. The fourth-order valence-corrected chi connectivity index (χ4v) is 0.286. The Bertz CT molecular complexity index is 126. The molecule has 0 aromatic rings. The molecule has 0 rings (SSSR count). The van der Waals surface area contributed by atoms with Crippen LogP contribution in [0.5, 0.6) is 0 Å². The summed E-state index contributed by atoms with van der Waals surface area (Å²) >= 11 is 5.21. The van der Waals surface area contributed by atoms with E-state index in [0.29, 0.717) is 0 Å². The highest BCUT2D eigenvalue weighted by molar-refractivity contribution is 6.24. The minimum absolute atomic E-state index is 0.177. The van der Waals surface area contributed by atoms with Gasteiger partial charge in [0, 0.05) is 0 Å². The molecule has 0 aromatic carbocycles. The highest BCUT2D eigenvalue weighted by Crippen LogP contribution is 1.78. The van der Waals surface area contributed by atoms with Crippen molar-refractivity contribution in [3.05, 3.63) is 0 Å². The van der Waals surface area contributed by atoms with Gasteiger partial charge in [-0.25, -0.2) is 4.79 Å². The van der Waals surface area contributed by atoms with Gasteiger partial charge in [0.05, 0.1) is 19.2 Å². The van der Waals surface area contributed by atoms with Gasteiger partial charge in [0.25, 0.3) is 0 Å². The Morgan fingerprint density at radius 3 is 3.00 bits per heavy atom. The van der Waals surface area contributed by atoms with Gasteiger partial charge < -0.3 is 9.57 Å². The van der Waals surface area contributed by atoms with Crippen molar-refractivity contribution in [2.75, 3.05) is 19.6 Å². The van der Waals surface area contributed by atoms with E-state index in [0.717, 1.165) is 0 Å². The second kappa shape index (κ2) is 6.35. The molecule has 0 aliphatic rings. The Labute approximate surface area is 63.7 Å². The SMILES string of the molecule is COC(=O)CO/N=C/CCl. The number of carbonyl (C=O) groups excluding carboxylic acids is 1. The van der Waals surface area contributed by atoms with E-state index in [1.807, 2.05) is 0 Å². The number of carbonyl (C=O) groups is 1. The number of halogens is 1. The molecule has 0 aliphatic carbocycles. The van der Waals surface area contributed by atoms with Crippen molar-refractivity contribution in [1.29, 1.82) is 0 Å². The molecule has 0 heterocycles. The van der Waals surface area contributed by atoms with Crippen LogP contribution in [0.2, 0.25) is 0 Å². The summed E-state index contributed by atoms with van der Waals surface area (Å²) < 4.78 is 4.26. The minimum Gasteiger partial charge on any atom is -0.466 e. The minimum atomic E-state index is -0.466. The maximum absolute atomic E-state index is 10.3. The molecule has 0 aliphatic heterocycles. The summed E-state index contributed by atoms with van der Waals surface area (Å²) in [5.74, 6) is -0.201. The third-order valence-corrected chi connectivity index (χ3v) is 0.766. The van der Waals surface area contributed by atoms with Crippen molar-refractivity contribution in [1.82, 2.24) is 0 Å². The van der Waals surface area contributed by atoms with E-state index in [1.165, 1.54) is 13.3 Å². The van der Waals surface area contributed by atoms with Crippen LogP contribution >= 0.6 is 11.6 Å². The van der Waals surface area contributed by atoms with E-state index >= 15 is 0 Å². The van der Waals surface area contributed by atoms with Crippen LogP contribution < -0.4 is 0 Å². The largest absolute Gasteiger partial charge is 0.466 e. The summed E-state index contributed by atoms with van der Waals surface area (Å²) in [7, 11) is 1.27. The predicted octanol–water partition coefficient (Wildman–Crippen LogP) is 0.401. The summed E-state index contributed by atoms with van der Waals surface area (Å²) in [6.07, 6.45) is 1.34. The van der Waals surface area contributed by atoms with Gasteiger partial charge in [-0.1, -0.05) is 5.16 Å². The lowest BCUT2D eigenvalue weighted by molar-refractivity contribution is -0.145. The lowest BCUT2D eigenvalue weighted by Crippen LogP contribution is -2.07. The van der Waals surface area contributed by atoms with Crippen molar-refractivity contribution in [2.24, 2.45) is 5.16 Å². The zero-order valence-electron chi connectivity index (χ0n) is 5.54. The van der Waals surface area contributed by atoms with Gasteiger partial charge in [0.15, 0.2) is 0 Å². The molecule has 0 N–H and O–H groups in total. The van der Waals surface area contributed by atoms with Crippen molar-refractivity contribution >= 4 is 23.8 Å². The summed E-state index contributed by atoms with van der Waals surface area (Å²) in [6, 6.07) is 0. The fourth-order valence-electron chi connectivity index (χ4n) is 0.230. The molecule has 10 heavy (non-hydrogen) atoms. The smallest absolute Gasteiger partial charge is 0.346 e. The van der Waals surface area contributed by atoms with E-state index in [4.69, 9.17) is 11.6 Å². The number of methoxy groups -OCH3 is 1. The molecular weight excluding hydrogens is 158 g/mol. The average molecular weight is 166 g/mol. The first-order chi connectivity index (χ1) is 4.81.